The van der Waals surface area contributed by atoms with Crippen molar-refractivity contribution in [1.29, 1.82) is 0 Å². The molecule has 1 N–H and O–H groups in total. The monoisotopic (exact) mass is 323 g/mol. The SMILES string of the molecule is COc1ccc(CCn2c(=O)c(C(=O)O)cc3ccccc32)cc1. The van der Waals surface area contributed by atoms with Crippen LogP contribution in [-0.2, 0) is 13.0 Å². The molecule has 1 heterocycles. The summed E-state index contributed by atoms with van der Waals surface area (Å²) in [5.41, 5.74) is 1.10. The van der Waals surface area contributed by atoms with Gasteiger partial charge in [0.2, 0.25) is 0 Å². The van der Waals surface area contributed by atoms with Gasteiger partial charge in [-0.15, -0.1) is 0 Å². The number of carboxylic acid groups (broad SMARTS) is 1. The number of ether oxygens (including phenoxy) is 1. The molecule has 0 bridgehead atoms. The van der Waals surface area contributed by atoms with E-state index in [2.05, 4.69) is 0 Å². The van der Waals surface area contributed by atoms with E-state index in [1.165, 1.54) is 10.6 Å². The third-order valence-electron chi connectivity index (χ3n) is 4.02. The van der Waals surface area contributed by atoms with Crippen molar-refractivity contribution in [3.05, 3.63) is 76.1 Å². The largest absolute Gasteiger partial charge is 0.497 e. The number of aryl methyl sites for hydroxylation is 2. The first kappa shape index (κ1) is 15.8. The Hall–Kier alpha value is -3.08. The quantitative estimate of drug-likeness (QED) is 0.784. The van der Waals surface area contributed by atoms with Gasteiger partial charge in [0.15, 0.2) is 0 Å². The summed E-state index contributed by atoms with van der Waals surface area (Å²) in [6.07, 6.45) is 0.622. The van der Waals surface area contributed by atoms with Gasteiger partial charge in [-0.3, -0.25) is 4.79 Å². The number of carboxylic acids is 1. The highest BCUT2D eigenvalue weighted by atomic mass is 16.5. The summed E-state index contributed by atoms with van der Waals surface area (Å²) in [4.78, 5) is 23.8. The van der Waals surface area contributed by atoms with Crippen LogP contribution in [0, 0.1) is 0 Å². The van der Waals surface area contributed by atoms with Crippen LogP contribution in [0.1, 0.15) is 15.9 Å². The predicted octanol–water partition coefficient (Wildman–Crippen LogP) is 2.95. The Bertz CT molecular complexity index is 942. The standard InChI is InChI=1S/C19H17NO4/c1-24-15-8-6-13(7-9-15)10-11-20-17-5-3-2-4-14(17)12-16(18(20)21)19(22)23/h2-9,12H,10-11H2,1H3,(H,22,23). The molecule has 3 aromatic rings. The van der Waals surface area contributed by atoms with Crippen molar-refractivity contribution < 1.29 is 14.6 Å². The van der Waals surface area contributed by atoms with Gasteiger partial charge < -0.3 is 14.4 Å². The van der Waals surface area contributed by atoms with Gasteiger partial charge >= 0.3 is 5.97 Å². The number of hydrogen-bond acceptors (Lipinski definition) is 3. The number of nitrogens with zero attached hydrogens (tertiary/aromatic N) is 1. The molecule has 0 fully saturated rings. The molecule has 0 aliphatic rings. The van der Waals surface area contributed by atoms with Gasteiger partial charge in [-0.1, -0.05) is 30.3 Å². The second-order valence-corrected chi connectivity index (χ2v) is 5.48. The molecular formula is C19H17NO4. The Morgan fingerprint density at radius 3 is 2.50 bits per heavy atom. The molecule has 1 aromatic heterocycles. The number of benzene rings is 2. The maximum Gasteiger partial charge on any atom is 0.341 e. The lowest BCUT2D eigenvalue weighted by Crippen LogP contribution is -2.27. The zero-order chi connectivity index (χ0) is 17.1. The van der Waals surface area contributed by atoms with Gasteiger partial charge in [0.25, 0.3) is 5.56 Å². The highest BCUT2D eigenvalue weighted by Gasteiger charge is 2.14. The van der Waals surface area contributed by atoms with E-state index in [0.29, 0.717) is 13.0 Å². The number of aromatic nitrogens is 1. The van der Waals surface area contributed by atoms with Gasteiger partial charge in [0.05, 0.1) is 12.6 Å². The molecule has 5 nitrogen and oxygen atoms in total. The lowest BCUT2D eigenvalue weighted by atomic mass is 10.1. The Balaban J connectivity index is 1.99. The molecule has 0 amide bonds. The van der Waals surface area contributed by atoms with Gasteiger partial charge in [0.1, 0.15) is 11.3 Å². The van der Waals surface area contributed by atoms with Crippen molar-refractivity contribution in [1.82, 2.24) is 4.57 Å². The van der Waals surface area contributed by atoms with E-state index >= 15 is 0 Å². The van der Waals surface area contributed by atoms with Crippen LogP contribution in [0.5, 0.6) is 5.75 Å². The molecule has 3 rings (SSSR count). The van der Waals surface area contributed by atoms with Gasteiger partial charge in [-0.05, 0) is 41.6 Å². The van der Waals surface area contributed by atoms with Gasteiger partial charge in [0, 0.05) is 6.54 Å². The van der Waals surface area contributed by atoms with Crippen molar-refractivity contribution in [2.45, 2.75) is 13.0 Å². The first-order valence-corrected chi connectivity index (χ1v) is 7.59. The average molecular weight is 323 g/mol. The number of aromatic carboxylic acids is 1. The van der Waals surface area contributed by atoms with Crippen molar-refractivity contribution in [2.75, 3.05) is 7.11 Å². The average Bonchev–Trinajstić information content (AvgIpc) is 2.60. The fraction of sp³-hybridized carbons (Fsp3) is 0.158. The van der Waals surface area contributed by atoms with Crippen LogP contribution in [0.15, 0.2) is 59.4 Å². The van der Waals surface area contributed by atoms with Crippen molar-refractivity contribution in [3.8, 4) is 5.75 Å². The molecule has 5 heteroatoms. The number of pyridine rings is 1. The second kappa shape index (κ2) is 6.58. The minimum Gasteiger partial charge on any atom is -0.497 e. The van der Waals surface area contributed by atoms with Crippen LogP contribution in [0.2, 0.25) is 0 Å². The molecule has 0 spiro atoms. The summed E-state index contributed by atoms with van der Waals surface area (Å²) in [6.45, 7) is 0.410. The van der Waals surface area contributed by atoms with E-state index in [9.17, 15) is 14.7 Å². The molecule has 2 aromatic carbocycles. The summed E-state index contributed by atoms with van der Waals surface area (Å²) in [5, 5.41) is 10.0. The highest BCUT2D eigenvalue weighted by Crippen LogP contribution is 2.16. The fourth-order valence-electron chi connectivity index (χ4n) is 2.74. The van der Waals surface area contributed by atoms with Crippen LogP contribution in [0.4, 0.5) is 0 Å². The first-order chi connectivity index (χ1) is 11.6. The second-order valence-electron chi connectivity index (χ2n) is 5.48. The Kier molecular flexibility index (Phi) is 4.33. The predicted molar refractivity (Wildman–Crippen MR) is 91.9 cm³/mol. The molecule has 122 valence electrons. The molecule has 0 radical (unpaired) electrons. The fourth-order valence-corrected chi connectivity index (χ4v) is 2.74. The van der Waals surface area contributed by atoms with Crippen molar-refractivity contribution >= 4 is 16.9 Å². The molecule has 0 aliphatic heterocycles. The Labute approximate surface area is 138 Å². The van der Waals surface area contributed by atoms with E-state index in [0.717, 1.165) is 22.2 Å². The zero-order valence-corrected chi connectivity index (χ0v) is 13.2. The maximum absolute atomic E-state index is 12.5. The Morgan fingerprint density at radius 2 is 1.83 bits per heavy atom. The first-order valence-electron chi connectivity index (χ1n) is 7.59. The number of hydrogen-bond donors (Lipinski definition) is 1. The third kappa shape index (κ3) is 3.01. The normalized spacial score (nSPS) is 10.7. The number of methoxy groups -OCH3 is 1. The van der Waals surface area contributed by atoms with Crippen LogP contribution >= 0.6 is 0 Å². The number of rotatable bonds is 5. The number of carbonyl (C=O) groups is 1. The molecule has 0 unspecified atom stereocenters. The van der Waals surface area contributed by atoms with E-state index in [1.54, 1.807) is 7.11 Å². The molecular weight excluding hydrogens is 306 g/mol. The van der Waals surface area contributed by atoms with Crippen LogP contribution < -0.4 is 10.3 Å². The number of para-hydroxylation sites is 1. The lowest BCUT2D eigenvalue weighted by molar-refractivity contribution is 0.0694. The molecule has 0 atom stereocenters. The maximum atomic E-state index is 12.5. The van der Waals surface area contributed by atoms with Crippen LogP contribution in [0.3, 0.4) is 0 Å². The van der Waals surface area contributed by atoms with E-state index in [4.69, 9.17) is 4.74 Å². The summed E-state index contributed by atoms with van der Waals surface area (Å²) in [6, 6.07) is 16.3. The summed E-state index contributed by atoms with van der Waals surface area (Å²) in [5.74, 6) is -0.432. The third-order valence-corrected chi connectivity index (χ3v) is 4.02. The van der Waals surface area contributed by atoms with Gasteiger partial charge in [-0.25, -0.2) is 4.79 Å². The molecule has 24 heavy (non-hydrogen) atoms. The zero-order valence-electron chi connectivity index (χ0n) is 13.2. The summed E-state index contributed by atoms with van der Waals surface area (Å²) < 4.78 is 6.66. The topological polar surface area (TPSA) is 68.5 Å². The summed E-state index contributed by atoms with van der Waals surface area (Å²) >= 11 is 0. The summed E-state index contributed by atoms with van der Waals surface area (Å²) in [7, 11) is 1.61. The Morgan fingerprint density at radius 1 is 1.12 bits per heavy atom. The molecule has 0 aliphatic carbocycles. The smallest absolute Gasteiger partial charge is 0.341 e. The van der Waals surface area contributed by atoms with Gasteiger partial charge in [-0.2, -0.15) is 0 Å². The molecule has 0 saturated heterocycles. The number of fused-ring (bicyclic) bond motifs is 1. The van der Waals surface area contributed by atoms with E-state index in [-0.39, 0.29) is 5.56 Å². The lowest BCUT2D eigenvalue weighted by Gasteiger charge is -2.12. The minimum atomic E-state index is -1.20. The van der Waals surface area contributed by atoms with E-state index < -0.39 is 11.5 Å². The van der Waals surface area contributed by atoms with Crippen LogP contribution in [0.25, 0.3) is 10.9 Å². The van der Waals surface area contributed by atoms with E-state index in [1.807, 2.05) is 48.5 Å². The molecule has 0 saturated carbocycles. The minimum absolute atomic E-state index is 0.205. The van der Waals surface area contributed by atoms with Crippen LogP contribution in [-0.4, -0.2) is 22.8 Å². The van der Waals surface area contributed by atoms with Crippen molar-refractivity contribution in [3.63, 3.8) is 0 Å². The van der Waals surface area contributed by atoms with Crippen molar-refractivity contribution in [2.24, 2.45) is 0 Å². The highest BCUT2D eigenvalue weighted by molar-refractivity contribution is 5.92.